The van der Waals surface area contributed by atoms with Crippen molar-refractivity contribution in [1.29, 1.82) is 0 Å². The molecule has 1 aromatic heterocycles. The van der Waals surface area contributed by atoms with Crippen LogP contribution in [0.5, 0.6) is 0 Å². The summed E-state index contributed by atoms with van der Waals surface area (Å²) in [6.45, 7) is 1.38. The highest BCUT2D eigenvalue weighted by Crippen LogP contribution is 2.16. The molecule has 0 saturated heterocycles. The van der Waals surface area contributed by atoms with E-state index in [4.69, 9.17) is 10.5 Å². The van der Waals surface area contributed by atoms with Crippen LogP contribution < -0.4 is 5.73 Å². The van der Waals surface area contributed by atoms with Gasteiger partial charge in [0, 0.05) is 19.0 Å². The Morgan fingerprint density at radius 2 is 2.36 bits per heavy atom. The average Bonchev–Trinajstić information content (AvgIpc) is 2.52. The second-order valence-corrected chi connectivity index (χ2v) is 4.41. The van der Waals surface area contributed by atoms with Crippen molar-refractivity contribution in [3.8, 4) is 0 Å². The van der Waals surface area contributed by atoms with Gasteiger partial charge < -0.3 is 15.4 Å². The largest absolute Gasteiger partial charge is 0.383 e. The summed E-state index contributed by atoms with van der Waals surface area (Å²) in [7, 11) is 5.69. The molecule has 0 amide bonds. The number of aromatic nitrogens is 1. The first-order valence-corrected chi connectivity index (χ1v) is 5.35. The van der Waals surface area contributed by atoms with E-state index in [0.29, 0.717) is 6.61 Å². The fourth-order valence-electron chi connectivity index (χ4n) is 1.10. The van der Waals surface area contributed by atoms with E-state index in [2.05, 4.69) is 9.88 Å². The molecule has 1 rings (SSSR count). The maximum absolute atomic E-state index is 5.86. The third kappa shape index (κ3) is 3.34. The van der Waals surface area contributed by atoms with E-state index in [9.17, 15) is 0 Å². The first kappa shape index (κ1) is 11.6. The number of ether oxygens (including phenoxy) is 1. The fraction of sp³-hybridized carbons (Fsp3) is 0.667. The Morgan fingerprint density at radius 1 is 1.64 bits per heavy atom. The van der Waals surface area contributed by atoms with Crippen LogP contribution in [0.15, 0.2) is 5.38 Å². The van der Waals surface area contributed by atoms with Crippen LogP contribution in [0.3, 0.4) is 0 Å². The molecule has 0 radical (unpaired) electrons. The van der Waals surface area contributed by atoms with Gasteiger partial charge in [-0.05, 0) is 14.1 Å². The van der Waals surface area contributed by atoms with Gasteiger partial charge in [-0.15, -0.1) is 11.3 Å². The predicted octanol–water partition coefficient (Wildman–Crippen LogP) is 0.851. The van der Waals surface area contributed by atoms with Crippen LogP contribution in [0.2, 0.25) is 0 Å². The molecule has 14 heavy (non-hydrogen) atoms. The average molecular weight is 215 g/mol. The van der Waals surface area contributed by atoms with Crippen molar-refractivity contribution in [2.75, 3.05) is 27.8 Å². The molecule has 80 valence electrons. The van der Waals surface area contributed by atoms with Crippen molar-refractivity contribution >= 4 is 11.3 Å². The van der Waals surface area contributed by atoms with E-state index in [1.807, 2.05) is 19.5 Å². The quantitative estimate of drug-likeness (QED) is 0.791. The number of methoxy groups -OCH3 is 1. The number of thiazole rings is 1. The lowest BCUT2D eigenvalue weighted by molar-refractivity contribution is 0.179. The molecular weight excluding hydrogens is 198 g/mol. The van der Waals surface area contributed by atoms with E-state index in [-0.39, 0.29) is 6.04 Å². The second-order valence-electron chi connectivity index (χ2n) is 3.47. The molecule has 4 nitrogen and oxygen atoms in total. The monoisotopic (exact) mass is 215 g/mol. The van der Waals surface area contributed by atoms with Gasteiger partial charge in [0.15, 0.2) is 0 Å². The van der Waals surface area contributed by atoms with Gasteiger partial charge >= 0.3 is 0 Å². The molecule has 5 heteroatoms. The van der Waals surface area contributed by atoms with Crippen LogP contribution in [0.25, 0.3) is 0 Å². The van der Waals surface area contributed by atoms with Gasteiger partial charge in [0.25, 0.3) is 0 Å². The van der Waals surface area contributed by atoms with Crippen molar-refractivity contribution in [1.82, 2.24) is 9.88 Å². The molecule has 1 aromatic rings. The zero-order valence-electron chi connectivity index (χ0n) is 8.86. The summed E-state index contributed by atoms with van der Waals surface area (Å²) in [6, 6.07) is -0.104. The van der Waals surface area contributed by atoms with Crippen LogP contribution in [-0.4, -0.2) is 37.7 Å². The lowest BCUT2D eigenvalue weighted by Gasteiger charge is -2.07. The topological polar surface area (TPSA) is 51.4 Å². The van der Waals surface area contributed by atoms with Gasteiger partial charge in [0.2, 0.25) is 0 Å². The van der Waals surface area contributed by atoms with E-state index in [1.165, 1.54) is 0 Å². The maximum atomic E-state index is 5.86. The minimum atomic E-state index is -0.104. The molecule has 0 spiro atoms. The molecule has 0 aromatic carbocycles. The summed E-state index contributed by atoms with van der Waals surface area (Å²) in [5, 5.41) is 3.10. The summed E-state index contributed by atoms with van der Waals surface area (Å²) in [4.78, 5) is 6.53. The van der Waals surface area contributed by atoms with Crippen LogP contribution in [0.1, 0.15) is 16.7 Å². The standard InChI is InChI=1S/C9H17N3OS/c1-12(2)4-9-11-8(6-14-9)7(10)5-13-3/h6-7H,4-5,10H2,1-3H3. The molecule has 0 aliphatic heterocycles. The molecule has 0 saturated carbocycles. The van der Waals surface area contributed by atoms with E-state index < -0.39 is 0 Å². The Kier molecular flexibility index (Phi) is 4.47. The number of hydrogen-bond acceptors (Lipinski definition) is 5. The summed E-state index contributed by atoms with van der Waals surface area (Å²) in [6.07, 6.45) is 0. The van der Waals surface area contributed by atoms with Crippen molar-refractivity contribution in [3.05, 3.63) is 16.1 Å². The second kappa shape index (κ2) is 5.41. The van der Waals surface area contributed by atoms with Crippen LogP contribution in [0.4, 0.5) is 0 Å². The molecule has 2 N–H and O–H groups in total. The molecule has 1 unspecified atom stereocenters. The molecule has 1 heterocycles. The first-order valence-electron chi connectivity index (χ1n) is 4.47. The normalized spacial score (nSPS) is 13.5. The maximum Gasteiger partial charge on any atom is 0.107 e. The molecule has 0 aliphatic rings. The molecule has 0 aliphatic carbocycles. The van der Waals surface area contributed by atoms with Crippen molar-refractivity contribution in [2.24, 2.45) is 5.73 Å². The minimum absolute atomic E-state index is 0.104. The third-order valence-electron chi connectivity index (χ3n) is 1.75. The number of nitrogens with two attached hydrogens (primary N) is 1. The van der Waals surface area contributed by atoms with Crippen molar-refractivity contribution in [2.45, 2.75) is 12.6 Å². The summed E-state index contributed by atoms with van der Waals surface area (Å²) >= 11 is 1.64. The Bertz CT molecular complexity index is 275. The summed E-state index contributed by atoms with van der Waals surface area (Å²) in [5.74, 6) is 0. The lowest BCUT2D eigenvalue weighted by atomic mass is 10.3. The van der Waals surface area contributed by atoms with Gasteiger partial charge in [-0.3, -0.25) is 0 Å². The van der Waals surface area contributed by atoms with Crippen LogP contribution >= 0.6 is 11.3 Å². The van der Waals surface area contributed by atoms with Crippen LogP contribution in [-0.2, 0) is 11.3 Å². The lowest BCUT2D eigenvalue weighted by Crippen LogP contribution is -2.17. The smallest absolute Gasteiger partial charge is 0.107 e. The van der Waals surface area contributed by atoms with Gasteiger partial charge in [-0.25, -0.2) is 4.98 Å². The van der Waals surface area contributed by atoms with E-state index >= 15 is 0 Å². The van der Waals surface area contributed by atoms with Crippen molar-refractivity contribution in [3.63, 3.8) is 0 Å². The zero-order valence-corrected chi connectivity index (χ0v) is 9.67. The van der Waals surface area contributed by atoms with E-state index in [0.717, 1.165) is 17.2 Å². The highest BCUT2D eigenvalue weighted by atomic mass is 32.1. The number of hydrogen-bond donors (Lipinski definition) is 1. The van der Waals surface area contributed by atoms with Gasteiger partial charge in [-0.2, -0.15) is 0 Å². The Morgan fingerprint density at radius 3 is 2.93 bits per heavy atom. The van der Waals surface area contributed by atoms with Gasteiger partial charge in [0.1, 0.15) is 5.01 Å². The van der Waals surface area contributed by atoms with Gasteiger partial charge in [0.05, 0.1) is 18.3 Å². The molecule has 0 fully saturated rings. The third-order valence-corrected chi connectivity index (χ3v) is 2.60. The summed E-state index contributed by atoms with van der Waals surface area (Å²) < 4.78 is 4.98. The highest BCUT2D eigenvalue weighted by molar-refractivity contribution is 7.09. The Balaban J connectivity index is 2.58. The molecule has 1 atom stereocenters. The van der Waals surface area contributed by atoms with Gasteiger partial charge in [-0.1, -0.05) is 0 Å². The number of nitrogens with zero attached hydrogens (tertiary/aromatic N) is 2. The fourth-order valence-corrected chi connectivity index (χ4v) is 2.08. The molecular formula is C9H17N3OS. The van der Waals surface area contributed by atoms with E-state index in [1.54, 1.807) is 18.4 Å². The SMILES string of the molecule is COCC(N)c1csc(CN(C)C)n1. The summed E-state index contributed by atoms with van der Waals surface area (Å²) in [5.41, 5.74) is 6.78. The Labute approximate surface area is 88.7 Å². The zero-order chi connectivity index (χ0) is 10.6. The predicted molar refractivity (Wildman–Crippen MR) is 58.3 cm³/mol. The Hall–Kier alpha value is -0.490. The molecule has 0 bridgehead atoms. The minimum Gasteiger partial charge on any atom is -0.383 e. The first-order chi connectivity index (χ1) is 6.63. The van der Waals surface area contributed by atoms with Crippen LogP contribution in [0, 0.1) is 0 Å². The highest BCUT2D eigenvalue weighted by Gasteiger charge is 2.10. The van der Waals surface area contributed by atoms with Crippen molar-refractivity contribution < 1.29 is 4.74 Å². The number of rotatable bonds is 5.